The van der Waals surface area contributed by atoms with Crippen LogP contribution in [0, 0.1) is 0 Å². The number of piperidine rings is 1. The van der Waals surface area contributed by atoms with E-state index in [1.54, 1.807) is 17.0 Å². The van der Waals surface area contributed by atoms with Gasteiger partial charge in [0.25, 0.3) is 11.8 Å². The molecule has 2 fully saturated rings. The summed E-state index contributed by atoms with van der Waals surface area (Å²) in [5, 5.41) is 0. The number of rotatable bonds is 2. The highest BCUT2D eigenvalue weighted by atomic mass is 16.6. The van der Waals surface area contributed by atoms with Crippen LogP contribution in [0.25, 0.3) is 0 Å². The van der Waals surface area contributed by atoms with Crippen LogP contribution in [0.4, 0.5) is 4.79 Å². The second kappa shape index (κ2) is 6.27. The molecule has 1 unspecified atom stereocenters. The van der Waals surface area contributed by atoms with Gasteiger partial charge in [0.15, 0.2) is 18.1 Å². The Hall–Kier alpha value is -2.77. The minimum Gasteiger partial charge on any atom is -0.485 e. The molecule has 0 radical (unpaired) electrons. The summed E-state index contributed by atoms with van der Waals surface area (Å²) in [5.41, 5.74) is 0. The molecule has 1 aromatic carbocycles. The Balaban J connectivity index is 1.36. The number of imide groups is 1. The first-order chi connectivity index (χ1) is 12.1. The topological polar surface area (TPSA) is 85.4 Å². The fourth-order valence-electron chi connectivity index (χ4n) is 3.41. The van der Waals surface area contributed by atoms with Gasteiger partial charge in [-0.05, 0) is 25.0 Å². The van der Waals surface area contributed by atoms with Crippen molar-refractivity contribution in [3.63, 3.8) is 0 Å². The van der Waals surface area contributed by atoms with Gasteiger partial charge in [-0.3, -0.25) is 9.59 Å². The molecule has 2 saturated heterocycles. The van der Waals surface area contributed by atoms with Crippen molar-refractivity contribution < 1.29 is 28.6 Å². The fourth-order valence-corrected chi connectivity index (χ4v) is 3.41. The average molecular weight is 346 g/mol. The van der Waals surface area contributed by atoms with E-state index in [0.717, 1.165) is 0 Å². The lowest BCUT2D eigenvalue weighted by Gasteiger charge is -2.37. The molecule has 4 rings (SSSR count). The molecule has 1 atom stereocenters. The van der Waals surface area contributed by atoms with E-state index in [2.05, 4.69) is 0 Å². The second-order valence-electron chi connectivity index (χ2n) is 6.24. The van der Waals surface area contributed by atoms with Gasteiger partial charge in [0.1, 0.15) is 6.61 Å². The van der Waals surface area contributed by atoms with Gasteiger partial charge in [0.05, 0.1) is 0 Å². The zero-order chi connectivity index (χ0) is 17.4. The summed E-state index contributed by atoms with van der Waals surface area (Å²) in [4.78, 5) is 38.9. The van der Waals surface area contributed by atoms with Crippen LogP contribution in [0.2, 0.25) is 0 Å². The molecule has 132 valence electrons. The first-order valence-corrected chi connectivity index (χ1v) is 8.29. The third-order valence-electron chi connectivity index (χ3n) is 4.71. The quantitative estimate of drug-likeness (QED) is 0.787. The second-order valence-corrected chi connectivity index (χ2v) is 6.24. The predicted molar refractivity (Wildman–Crippen MR) is 84.1 cm³/mol. The molecular weight excluding hydrogens is 328 g/mol. The summed E-state index contributed by atoms with van der Waals surface area (Å²) in [6.45, 7) is 0.904. The Morgan fingerprint density at radius 3 is 2.44 bits per heavy atom. The van der Waals surface area contributed by atoms with Crippen molar-refractivity contribution in [1.29, 1.82) is 0 Å². The molecule has 25 heavy (non-hydrogen) atoms. The molecule has 0 spiro atoms. The van der Waals surface area contributed by atoms with Gasteiger partial charge in [-0.15, -0.1) is 0 Å². The van der Waals surface area contributed by atoms with E-state index >= 15 is 0 Å². The van der Waals surface area contributed by atoms with E-state index in [1.165, 1.54) is 4.90 Å². The molecule has 0 bridgehead atoms. The third-order valence-corrected chi connectivity index (χ3v) is 4.71. The SMILES string of the molecule is O=C(C1COc2ccccc2O1)N1CCC(N2C(=O)COC2=O)CC1. The summed E-state index contributed by atoms with van der Waals surface area (Å²) >= 11 is 0. The Bertz CT molecular complexity index is 697. The highest BCUT2D eigenvalue weighted by molar-refractivity contribution is 5.98. The van der Waals surface area contributed by atoms with Crippen LogP contribution in [0.3, 0.4) is 0 Å². The maximum atomic E-state index is 12.7. The van der Waals surface area contributed by atoms with Gasteiger partial charge in [-0.2, -0.15) is 0 Å². The van der Waals surface area contributed by atoms with Crippen molar-refractivity contribution in [3.8, 4) is 11.5 Å². The lowest BCUT2D eigenvalue weighted by Crippen LogP contribution is -2.52. The molecule has 8 heteroatoms. The minimum atomic E-state index is -0.676. The number of carbonyl (C=O) groups is 3. The smallest absolute Gasteiger partial charge is 0.417 e. The number of para-hydroxylation sites is 2. The van der Waals surface area contributed by atoms with E-state index in [4.69, 9.17) is 14.2 Å². The lowest BCUT2D eigenvalue weighted by molar-refractivity contribution is -0.142. The van der Waals surface area contributed by atoms with Crippen molar-refractivity contribution in [2.24, 2.45) is 0 Å². The van der Waals surface area contributed by atoms with Crippen molar-refractivity contribution in [2.75, 3.05) is 26.3 Å². The van der Waals surface area contributed by atoms with Crippen LogP contribution in [-0.4, -0.2) is 66.2 Å². The standard InChI is InChI=1S/C17H18N2O6/c20-15-10-24-17(22)19(15)11-5-7-18(8-6-11)16(21)14-9-23-12-3-1-2-4-13(12)25-14/h1-4,11,14H,5-10H2. The van der Waals surface area contributed by atoms with E-state index in [-0.39, 0.29) is 31.1 Å². The maximum Gasteiger partial charge on any atom is 0.417 e. The van der Waals surface area contributed by atoms with Crippen LogP contribution >= 0.6 is 0 Å². The van der Waals surface area contributed by atoms with Crippen molar-refractivity contribution in [2.45, 2.75) is 25.0 Å². The van der Waals surface area contributed by atoms with Crippen molar-refractivity contribution in [1.82, 2.24) is 9.80 Å². The molecule has 0 aliphatic carbocycles. The van der Waals surface area contributed by atoms with Gasteiger partial charge in [-0.1, -0.05) is 12.1 Å². The van der Waals surface area contributed by atoms with Gasteiger partial charge < -0.3 is 19.1 Å². The molecule has 3 amide bonds. The Morgan fingerprint density at radius 1 is 1.04 bits per heavy atom. The zero-order valence-electron chi connectivity index (χ0n) is 13.6. The normalized spacial score (nSPS) is 23.6. The average Bonchev–Trinajstić information content (AvgIpc) is 2.99. The number of ether oxygens (including phenoxy) is 3. The van der Waals surface area contributed by atoms with E-state index in [1.807, 2.05) is 12.1 Å². The summed E-state index contributed by atoms with van der Waals surface area (Å²) < 4.78 is 16.1. The first-order valence-electron chi connectivity index (χ1n) is 8.29. The van der Waals surface area contributed by atoms with E-state index in [0.29, 0.717) is 37.4 Å². The lowest BCUT2D eigenvalue weighted by atomic mass is 10.0. The number of hydrogen-bond acceptors (Lipinski definition) is 6. The zero-order valence-corrected chi connectivity index (χ0v) is 13.6. The fraction of sp³-hybridized carbons (Fsp3) is 0.471. The van der Waals surface area contributed by atoms with Crippen LogP contribution in [0.5, 0.6) is 11.5 Å². The molecular formula is C17H18N2O6. The van der Waals surface area contributed by atoms with Crippen LogP contribution < -0.4 is 9.47 Å². The monoisotopic (exact) mass is 346 g/mol. The number of carbonyl (C=O) groups excluding carboxylic acids is 3. The molecule has 8 nitrogen and oxygen atoms in total. The first kappa shape index (κ1) is 15.7. The number of nitrogens with zero attached hydrogens (tertiary/aromatic N) is 2. The maximum absolute atomic E-state index is 12.7. The summed E-state index contributed by atoms with van der Waals surface area (Å²) in [6, 6.07) is 7.03. The number of amides is 3. The van der Waals surface area contributed by atoms with Crippen LogP contribution in [0.15, 0.2) is 24.3 Å². The van der Waals surface area contributed by atoms with Gasteiger partial charge in [0.2, 0.25) is 6.10 Å². The summed E-state index contributed by atoms with van der Waals surface area (Å²) in [7, 11) is 0. The number of fused-ring (bicyclic) bond motifs is 1. The minimum absolute atomic E-state index is 0.136. The number of cyclic esters (lactones) is 1. The van der Waals surface area contributed by atoms with Crippen molar-refractivity contribution >= 4 is 17.9 Å². The molecule has 3 heterocycles. The van der Waals surface area contributed by atoms with E-state index < -0.39 is 12.2 Å². The summed E-state index contributed by atoms with van der Waals surface area (Å²) in [5.74, 6) is 0.752. The Labute approximate surface area is 144 Å². The Morgan fingerprint density at radius 2 is 1.76 bits per heavy atom. The summed E-state index contributed by atoms with van der Waals surface area (Å²) in [6.07, 6.45) is -0.187. The van der Waals surface area contributed by atoms with Gasteiger partial charge in [-0.25, -0.2) is 9.69 Å². The molecule has 3 aliphatic heterocycles. The molecule has 1 aromatic rings. The number of likely N-dealkylation sites (tertiary alicyclic amines) is 1. The Kier molecular flexibility index (Phi) is 3.95. The van der Waals surface area contributed by atoms with Crippen molar-refractivity contribution in [3.05, 3.63) is 24.3 Å². The molecule has 0 saturated carbocycles. The molecule has 3 aliphatic rings. The van der Waals surface area contributed by atoms with Crippen LogP contribution in [-0.2, 0) is 14.3 Å². The molecule has 0 N–H and O–H groups in total. The number of benzene rings is 1. The molecule has 0 aromatic heterocycles. The van der Waals surface area contributed by atoms with Gasteiger partial charge >= 0.3 is 6.09 Å². The number of hydrogen-bond donors (Lipinski definition) is 0. The highest BCUT2D eigenvalue weighted by Crippen LogP contribution is 2.31. The van der Waals surface area contributed by atoms with Gasteiger partial charge in [0, 0.05) is 19.1 Å². The third kappa shape index (κ3) is 2.88. The largest absolute Gasteiger partial charge is 0.485 e. The highest BCUT2D eigenvalue weighted by Gasteiger charge is 2.40. The van der Waals surface area contributed by atoms with E-state index in [9.17, 15) is 14.4 Å². The predicted octanol–water partition coefficient (Wildman–Crippen LogP) is 0.796. The van der Waals surface area contributed by atoms with Crippen LogP contribution in [0.1, 0.15) is 12.8 Å².